The summed E-state index contributed by atoms with van der Waals surface area (Å²) >= 11 is 0. The van der Waals surface area contributed by atoms with Gasteiger partial charge < -0.3 is 15.7 Å². The van der Waals surface area contributed by atoms with E-state index >= 15 is 0 Å². The molecule has 14 heavy (non-hydrogen) atoms. The summed E-state index contributed by atoms with van der Waals surface area (Å²) in [4.78, 5) is 13.0. The van der Waals surface area contributed by atoms with Crippen LogP contribution in [0.1, 0.15) is 12.8 Å². The molecule has 0 aromatic rings. The number of nitrogens with two attached hydrogens (primary N) is 1. The highest BCUT2D eigenvalue weighted by molar-refractivity contribution is 5.73. The van der Waals surface area contributed by atoms with Crippen LogP contribution in [0.15, 0.2) is 0 Å². The van der Waals surface area contributed by atoms with E-state index in [4.69, 9.17) is 10.8 Å². The molecule has 2 fully saturated rings. The lowest BCUT2D eigenvalue weighted by Crippen LogP contribution is -2.35. The lowest BCUT2D eigenvalue weighted by Gasteiger charge is -2.18. The normalized spacial score (nSPS) is 39.7. The number of likely N-dealkylation sites (tertiary alicyclic amines) is 1. The molecular weight excluding hydrogens is 180 g/mol. The summed E-state index contributed by atoms with van der Waals surface area (Å²) in [5.74, 6) is -0.0777. The Morgan fingerprint density at radius 2 is 2.36 bits per heavy atom. The second-order valence-electron chi connectivity index (χ2n) is 4.73. The maximum atomic E-state index is 10.7. The Bertz CT molecular complexity index is 244. The van der Waals surface area contributed by atoms with Crippen molar-refractivity contribution < 1.29 is 9.90 Å². The average Bonchev–Trinajstić information content (AvgIpc) is 2.82. The van der Waals surface area contributed by atoms with Crippen molar-refractivity contribution in [3.05, 3.63) is 0 Å². The molecule has 0 bridgehead atoms. The smallest absolute Gasteiger partial charge is 0.306 e. The number of carboxylic acids is 1. The van der Waals surface area contributed by atoms with Crippen LogP contribution in [0.25, 0.3) is 0 Å². The van der Waals surface area contributed by atoms with Crippen molar-refractivity contribution in [3.8, 4) is 0 Å². The minimum atomic E-state index is -0.670. The van der Waals surface area contributed by atoms with Gasteiger partial charge in [0.15, 0.2) is 0 Å². The number of aliphatic carboxylic acids is 1. The van der Waals surface area contributed by atoms with Crippen LogP contribution in [0.2, 0.25) is 0 Å². The molecule has 0 aromatic carbocycles. The summed E-state index contributed by atoms with van der Waals surface area (Å²) < 4.78 is 0. The Morgan fingerprint density at radius 3 is 2.79 bits per heavy atom. The summed E-state index contributed by atoms with van der Waals surface area (Å²) in [6, 6.07) is 0.0982. The van der Waals surface area contributed by atoms with E-state index < -0.39 is 5.97 Å². The fourth-order valence-corrected chi connectivity index (χ4v) is 2.56. The van der Waals surface area contributed by atoms with Crippen molar-refractivity contribution in [1.82, 2.24) is 4.90 Å². The van der Waals surface area contributed by atoms with Crippen molar-refractivity contribution in [2.45, 2.75) is 18.9 Å². The topological polar surface area (TPSA) is 66.6 Å². The second-order valence-corrected chi connectivity index (χ2v) is 4.73. The third-order valence-electron chi connectivity index (χ3n) is 3.62. The van der Waals surface area contributed by atoms with Gasteiger partial charge in [-0.15, -0.1) is 0 Å². The van der Waals surface area contributed by atoms with E-state index in [1.54, 1.807) is 0 Å². The number of nitrogens with zero attached hydrogens (tertiary/aromatic N) is 1. The Labute approximate surface area is 84.1 Å². The molecule has 4 atom stereocenters. The molecule has 0 radical (unpaired) electrons. The van der Waals surface area contributed by atoms with Gasteiger partial charge in [-0.2, -0.15) is 0 Å². The Morgan fingerprint density at radius 1 is 1.64 bits per heavy atom. The van der Waals surface area contributed by atoms with Crippen LogP contribution in [0, 0.1) is 17.8 Å². The van der Waals surface area contributed by atoms with Crippen molar-refractivity contribution in [1.29, 1.82) is 0 Å². The van der Waals surface area contributed by atoms with E-state index in [0.717, 1.165) is 25.9 Å². The molecule has 1 aliphatic heterocycles. The zero-order valence-corrected chi connectivity index (χ0v) is 8.52. The molecule has 2 rings (SSSR count). The van der Waals surface area contributed by atoms with Crippen LogP contribution in [0.3, 0.4) is 0 Å². The lowest BCUT2D eigenvalue weighted by atomic mass is 9.95. The van der Waals surface area contributed by atoms with Gasteiger partial charge in [0.2, 0.25) is 0 Å². The predicted molar refractivity (Wildman–Crippen MR) is 52.8 cm³/mol. The molecule has 80 valence electrons. The van der Waals surface area contributed by atoms with Crippen LogP contribution in [-0.2, 0) is 4.79 Å². The first-order valence-corrected chi connectivity index (χ1v) is 5.26. The highest BCUT2D eigenvalue weighted by atomic mass is 16.4. The molecule has 4 nitrogen and oxygen atoms in total. The molecule has 0 aromatic heterocycles. The van der Waals surface area contributed by atoms with Crippen molar-refractivity contribution >= 4 is 5.97 Å². The fourth-order valence-electron chi connectivity index (χ4n) is 2.56. The number of carboxylic acid groups (broad SMARTS) is 1. The summed E-state index contributed by atoms with van der Waals surface area (Å²) in [5, 5.41) is 8.80. The summed E-state index contributed by atoms with van der Waals surface area (Å²) in [6.07, 6.45) is 1.91. The monoisotopic (exact) mass is 198 g/mol. The third-order valence-corrected chi connectivity index (χ3v) is 3.62. The van der Waals surface area contributed by atoms with E-state index in [9.17, 15) is 4.79 Å². The summed E-state index contributed by atoms with van der Waals surface area (Å²) in [5.41, 5.74) is 6.08. The van der Waals surface area contributed by atoms with Crippen LogP contribution < -0.4 is 5.73 Å². The maximum absolute atomic E-state index is 10.7. The zero-order valence-electron chi connectivity index (χ0n) is 8.52. The standard InChI is InChI=1S/C10H18N2O2/c1-12-3-2-6(5-12)9(11)7-4-8(7)10(13)14/h6-9H,2-5,11H2,1H3,(H,13,14). The Kier molecular flexibility index (Phi) is 2.49. The Balaban J connectivity index is 1.85. The molecule has 1 heterocycles. The quantitative estimate of drug-likeness (QED) is 0.669. The van der Waals surface area contributed by atoms with Gasteiger partial charge in [0.1, 0.15) is 0 Å². The predicted octanol–water partition coefficient (Wildman–Crippen LogP) is -0.0139. The van der Waals surface area contributed by atoms with Crippen LogP contribution in [0.4, 0.5) is 0 Å². The van der Waals surface area contributed by atoms with Gasteiger partial charge in [0.05, 0.1) is 5.92 Å². The molecular formula is C10H18N2O2. The van der Waals surface area contributed by atoms with Crippen LogP contribution in [0.5, 0.6) is 0 Å². The van der Waals surface area contributed by atoms with Crippen molar-refractivity contribution in [3.63, 3.8) is 0 Å². The minimum Gasteiger partial charge on any atom is -0.481 e. The number of hydrogen-bond acceptors (Lipinski definition) is 3. The third kappa shape index (κ3) is 1.77. The first kappa shape index (κ1) is 9.93. The molecule has 0 spiro atoms. The number of carbonyl (C=O) groups is 1. The first-order valence-electron chi connectivity index (χ1n) is 5.26. The molecule has 3 N–H and O–H groups in total. The number of hydrogen-bond donors (Lipinski definition) is 2. The fraction of sp³-hybridized carbons (Fsp3) is 0.900. The van der Waals surface area contributed by atoms with Gasteiger partial charge in [0.25, 0.3) is 0 Å². The maximum Gasteiger partial charge on any atom is 0.306 e. The zero-order chi connectivity index (χ0) is 10.3. The van der Waals surface area contributed by atoms with Gasteiger partial charge in [0, 0.05) is 12.6 Å². The minimum absolute atomic E-state index is 0.0982. The van der Waals surface area contributed by atoms with E-state index in [1.807, 2.05) is 0 Å². The first-order chi connectivity index (χ1) is 6.59. The molecule has 1 aliphatic carbocycles. The molecule has 2 aliphatic rings. The summed E-state index contributed by atoms with van der Waals surface area (Å²) in [7, 11) is 2.09. The molecule has 4 heteroatoms. The highest BCUT2D eigenvalue weighted by Gasteiger charge is 2.49. The van der Waals surface area contributed by atoms with Gasteiger partial charge in [-0.3, -0.25) is 4.79 Å². The largest absolute Gasteiger partial charge is 0.481 e. The number of rotatable bonds is 3. The van der Waals surface area contributed by atoms with Gasteiger partial charge in [-0.05, 0) is 38.3 Å². The van der Waals surface area contributed by atoms with E-state index in [0.29, 0.717) is 5.92 Å². The van der Waals surface area contributed by atoms with Crippen molar-refractivity contribution in [2.75, 3.05) is 20.1 Å². The molecule has 1 saturated carbocycles. The molecule has 4 unspecified atom stereocenters. The van der Waals surface area contributed by atoms with E-state index in [1.165, 1.54) is 0 Å². The molecule has 1 saturated heterocycles. The van der Waals surface area contributed by atoms with Gasteiger partial charge in [-0.1, -0.05) is 0 Å². The lowest BCUT2D eigenvalue weighted by molar-refractivity contribution is -0.138. The Hall–Kier alpha value is -0.610. The summed E-state index contributed by atoms with van der Waals surface area (Å²) in [6.45, 7) is 2.13. The van der Waals surface area contributed by atoms with Crippen molar-refractivity contribution in [2.24, 2.45) is 23.5 Å². The van der Waals surface area contributed by atoms with Gasteiger partial charge >= 0.3 is 5.97 Å². The second kappa shape index (κ2) is 3.51. The van der Waals surface area contributed by atoms with Crippen LogP contribution >= 0.6 is 0 Å². The molecule has 0 amide bonds. The van der Waals surface area contributed by atoms with Gasteiger partial charge in [-0.25, -0.2) is 0 Å². The SMILES string of the molecule is CN1CCC(C(N)C2CC2C(=O)O)C1. The average molecular weight is 198 g/mol. The van der Waals surface area contributed by atoms with E-state index in [-0.39, 0.29) is 17.9 Å². The highest BCUT2D eigenvalue weighted by Crippen LogP contribution is 2.43. The van der Waals surface area contributed by atoms with Crippen LogP contribution in [-0.4, -0.2) is 42.2 Å². The van der Waals surface area contributed by atoms with E-state index in [2.05, 4.69) is 11.9 Å².